The fourth-order valence-corrected chi connectivity index (χ4v) is 3.22. The van der Waals surface area contributed by atoms with Crippen LogP contribution in [0.1, 0.15) is 32.6 Å². The van der Waals surface area contributed by atoms with Gasteiger partial charge in [0.1, 0.15) is 0 Å². The fraction of sp³-hybridized carbons (Fsp3) is 0. The summed E-state index contributed by atoms with van der Waals surface area (Å²) in [4.78, 5) is 36.7. The second-order valence-electron chi connectivity index (χ2n) is 7.44. The van der Waals surface area contributed by atoms with Crippen LogP contribution in [0.15, 0.2) is 54.6 Å². The number of amides is 4. The number of carbonyl (C=O) groups is 3. The van der Waals surface area contributed by atoms with E-state index in [4.69, 9.17) is 25.7 Å². The largest absolute Gasteiger partial charge is 0.478 e. The van der Waals surface area contributed by atoms with E-state index in [1.54, 1.807) is 36.4 Å². The number of aromatic carboxylic acids is 1. The number of carboxylic acids is 1. The van der Waals surface area contributed by atoms with Crippen molar-refractivity contribution in [1.29, 1.82) is 0 Å². The minimum absolute atomic E-state index is 0.0990. The van der Waals surface area contributed by atoms with Crippen LogP contribution < -0.4 is 21.3 Å². The predicted octanol–water partition coefficient (Wildman–Crippen LogP) is 4.60. The zero-order valence-corrected chi connectivity index (χ0v) is 19.2. The lowest BCUT2D eigenvalue weighted by molar-refractivity contribution is 0.0697. The smallest absolute Gasteiger partial charge is 0.335 e. The number of nitrogens with one attached hydrogen (secondary N) is 4. The van der Waals surface area contributed by atoms with Crippen molar-refractivity contribution in [2.45, 2.75) is 0 Å². The maximum Gasteiger partial charge on any atom is 0.335 e. The van der Waals surface area contributed by atoms with Gasteiger partial charge in [-0.2, -0.15) is 0 Å². The van der Waals surface area contributed by atoms with E-state index < -0.39 is 18.0 Å². The molecule has 0 aliphatic heterocycles. The molecule has 3 rings (SSSR count). The van der Waals surface area contributed by atoms with Crippen molar-refractivity contribution in [3.8, 4) is 49.4 Å². The highest BCUT2D eigenvalue weighted by Crippen LogP contribution is 2.21. The Bertz CT molecular complexity index is 1420. The summed E-state index contributed by atoms with van der Waals surface area (Å²) in [6, 6.07) is 11.9. The predicted molar refractivity (Wildman–Crippen MR) is 143 cm³/mol. The second kappa shape index (κ2) is 11.4. The van der Waals surface area contributed by atoms with E-state index in [0.29, 0.717) is 33.6 Å². The van der Waals surface area contributed by atoms with E-state index in [0.717, 1.165) is 0 Å². The molecule has 37 heavy (non-hydrogen) atoms. The van der Waals surface area contributed by atoms with Crippen LogP contribution in [0.2, 0.25) is 0 Å². The Morgan fingerprint density at radius 3 is 1.08 bits per heavy atom. The van der Waals surface area contributed by atoms with Gasteiger partial charge in [0.05, 0.1) is 5.56 Å². The van der Waals surface area contributed by atoms with Crippen LogP contribution in [0.3, 0.4) is 0 Å². The molecule has 0 atom stereocenters. The normalized spacial score (nSPS) is 9.41. The van der Waals surface area contributed by atoms with Crippen LogP contribution in [0, 0.1) is 49.4 Å². The molecule has 8 nitrogen and oxygen atoms in total. The van der Waals surface area contributed by atoms with Gasteiger partial charge in [0.15, 0.2) is 0 Å². The van der Waals surface area contributed by atoms with Crippen molar-refractivity contribution >= 4 is 40.8 Å². The minimum atomic E-state index is -1.27. The number of urea groups is 2. The molecule has 0 saturated heterocycles. The Kier molecular flexibility index (Phi) is 7.84. The molecule has 0 saturated carbocycles. The Labute approximate surface area is 213 Å². The molecule has 0 unspecified atom stereocenters. The number of carbonyl (C=O) groups excluding carboxylic acids is 2. The Balaban J connectivity index is 1.78. The van der Waals surface area contributed by atoms with E-state index in [1.165, 1.54) is 18.2 Å². The van der Waals surface area contributed by atoms with Crippen molar-refractivity contribution in [2.24, 2.45) is 0 Å². The summed E-state index contributed by atoms with van der Waals surface area (Å²) in [5.41, 5.74) is 2.58. The van der Waals surface area contributed by atoms with Crippen molar-refractivity contribution < 1.29 is 19.5 Å². The number of anilines is 4. The van der Waals surface area contributed by atoms with Gasteiger partial charge in [-0.3, -0.25) is 0 Å². The highest BCUT2D eigenvalue weighted by Gasteiger charge is 2.12. The molecule has 5 N–H and O–H groups in total. The summed E-state index contributed by atoms with van der Waals surface area (Å²) in [6.45, 7) is 0. The number of hydrogen-bond acceptors (Lipinski definition) is 3. The van der Waals surface area contributed by atoms with E-state index in [-0.39, 0.29) is 16.9 Å². The lowest BCUT2D eigenvalue weighted by Gasteiger charge is -2.13. The first-order chi connectivity index (χ1) is 17.7. The molecule has 4 amide bonds. The first-order valence-electron chi connectivity index (χ1n) is 10.4. The average molecular weight is 486 g/mol. The molecule has 0 aromatic heterocycles. The molecule has 178 valence electrons. The maximum atomic E-state index is 12.6. The number of carboxylic acid groups (broad SMARTS) is 1. The number of benzene rings is 3. The molecule has 0 aliphatic carbocycles. The van der Waals surface area contributed by atoms with Crippen LogP contribution in [0.4, 0.5) is 32.3 Å². The highest BCUT2D eigenvalue weighted by molar-refractivity contribution is 6.04. The first-order valence-corrected chi connectivity index (χ1v) is 10.4. The van der Waals surface area contributed by atoms with Gasteiger partial charge in [-0.25, -0.2) is 14.4 Å². The maximum absolute atomic E-state index is 12.6. The minimum Gasteiger partial charge on any atom is -0.478 e. The zero-order valence-electron chi connectivity index (χ0n) is 19.2. The molecular formula is C29H18N4O4. The van der Waals surface area contributed by atoms with E-state index >= 15 is 0 Å². The van der Waals surface area contributed by atoms with E-state index in [1.807, 2.05) is 0 Å². The Hall–Kier alpha value is -6.09. The van der Waals surface area contributed by atoms with Crippen molar-refractivity contribution in [2.75, 3.05) is 21.3 Å². The molecule has 0 radical (unpaired) electrons. The Morgan fingerprint density at radius 1 is 0.514 bits per heavy atom. The monoisotopic (exact) mass is 486 g/mol. The van der Waals surface area contributed by atoms with Gasteiger partial charge in [0, 0.05) is 45.0 Å². The number of terminal acetylenes is 4. The molecule has 8 heteroatoms. The third-order valence-corrected chi connectivity index (χ3v) is 4.74. The summed E-state index contributed by atoms with van der Waals surface area (Å²) in [5.74, 6) is 8.50. The van der Waals surface area contributed by atoms with Gasteiger partial charge in [-0.15, -0.1) is 25.7 Å². The standard InChI is InChI=1S/C29H18N4O4/c1-5-18-9-19(6-2)12-23(11-18)30-28(36)32-25-15-22(27(34)35)16-26(17-25)33-29(37)31-24-13-20(7-3)10-21(8-4)14-24/h1-4,9-17H,(H,34,35)(H2,30,32,36)(H2,31,33,37). The second-order valence-corrected chi connectivity index (χ2v) is 7.44. The lowest BCUT2D eigenvalue weighted by Crippen LogP contribution is -2.21. The Morgan fingerprint density at radius 2 is 0.811 bits per heavy atom. The molecule has 3 aromatic carbocycles. The third-order valence-electron chi connectivity index (χ3n) is 4.74. The SMILES string of the molecule is C#Cc1cc(C#C)cc(NC(=O)Nc2cc(NC(=O)Nc3cc(C#C)cc(C#C)c3)cc(C(=O)O)c2)c1. The van der Waals surface area contributed by atoms with Crippen LogP contribution in [0.25, 0.3) is 0 Å². The average Bonchev–Trinajstić information content (AvgIpc) is 2.87. The zero-order chi connectivity index (χ0) is 26.9. The summed E-state index contributed by atoms with van der Waals surface area (Å²) in [7, 11) is 0. The lowest BCUT2D eigenvalue weighted by atomic mass is 10.1. The molecular weight excluding hydrogens is 468 g/mol. The topological polar surface area (TPSA) is 120 Å². The van der Waals surface area contributed by atoms with Crippen molar-refractivity contribution in [1.82, 2.24) is 0 Å². The van der Waals surface area contributed by atoms with Crippen LogP contribution in [0.5, 0.6) is 0 Å². The number of hydrogen-bond donors (Lipinski definition) is 5. The molecule has 0 heterocycles. The van der Waals surface area contributed by atoms with Crippen LogP contribution in [-0.4, -0.2) is 23.1 Å². The summed E-state index contributed by atoms with van der Waals surface area (Å²) < 4.78 is 0. The van der Waals surface area contributed by atoms with E-state index in [2.05, 4.69) is 44.9 Å². The van der Waals surface area contributed by atoms with E-state index in [9.17, 15) is 19.5 Å². The summed E-state index contributed by atoms with van der Waals surface area (Å²) >= 11 is 0. The fourth-order valence-electron chi connectivity index (χ4n) is 3.22. The number of rotatable bonds is 5. The van der Waals surface area contributed by atoms with Gasteiger partial charge in [-0.05, 0) is 54.6 Å². The summed E-state index contributed by atoms with van der Waals surface area (Å²) in [6.07, 6.45) is 21.7. The van der Waals surface area contributed by atoms with Gasteiger partial charge in [0.25, 0.3) is 0 Å². The molecule has 0 bridgehead atoms. The van der Waals surface area contributed by atoms with Gasteiger partial charge < -0.3 is 26.4 Å². The molecule has 3 aromatic rings. The third kappa shape index (κ3) is 6.95. The van der Waals surface area contributed by atoms with Crippen molar-refractivity contribution in [3.63, 3.8) is 0 Å². The van der Waals surface area contributed by atoms with Gasteiger partial charge in [0.2, 0.25) is 0 Å². The quantitative estimate of drug-likeness (QED) is 0.339. The summed E-state index contributed by atoms with van der Waals surface area (Å²) in [5, 5.41) is 19.7. The van der Waals surface area contributed by atoms with Crippen molar-refractivity contribution in [3.05, 3.63) is 82.4 Å². The van der Waals surface area contributed by atoms with Crippen LogP contribution in [-0.2, 0) is 0 Å². The molecule has 0 aliphatic rings. The van der Waals surface area contributed by atoms with Crippen LogP contribution >= 0.6 is 0 Å². The first kappa shape index (κ1) is 25.5. The molecule has 0 fully saturated rings. The van der Waals surface area contributed by atoms with Gasteiger partial charge >= 0.3 is 18.0 Å². The molecule has 0 spiro atoms. The van der Waals surface area contributed by atoms with Gasteiger partial charge in [-0.1, -0.05) is 23.7 Å². The highest BCUT2D eigenvalue weighted by atomic mass is 16.4.